The van der Waals surface area contributed by atoms with E-state index in [0.717, 1.165) is 0 Å². The molecule has 1 aliphatic rings. The highest BCUT2D eigenvalue weighted by Crippen LogP contribution is 2.30. The molecule has 1 amide bonds. The van der Waals surface area contributed by atoms with Crippen molar-refractivity contribution in [2.45, 2.75) is 26.2 Å². The first-order chi connectivity index (χ1) is 12.0. The molecule has 1 aliphatic heterocycles. The molecule has 0 spiro atoms. The maximum Gasteiger partial charge on any atom is 0.311 e. The molecule has 3 heterocycles. The number of carbonyl (C=O) groups excluding carboxylic acids is 1. The third-order valence-corrected chi connectivity index (χ3v) is 4.48. The Morgan fingerprint density at radius 1 is 1.36 bits per heavy atom. The average molecular weight is 348 g/mol. The minimum absolute atomic E-state index is 0.0161. The van der Waals surface area contributed by atoms with Crippen molar-refractivity contribution in [2.24, 2.45) is 5.41 Å². The zero-order valence-electron chi connectivity index (χ0n) is 13.9. The summed E-state index contributed by atoms with van der Waals surface area (Å²) in [7, 11) is 0. The Morgan fingerprint density at radius 3 is 2.76 bits per heavy atom. The molecule has 134 valence electrons. The number of nitrogens with one attached hydrogen (secondary N) is 1. The second kappa shape index (κ2) is 7.10. The van der Waals surface area contributed by atoms with E-state index in [9.17, 15) is 14.7 Å². The number of furan rings is 1. The minimum atomic E-state index is -0.966. The van der Waals surface area contributed by atoms with Gasteiger partial charge in [-0.25, -0.2) is 4.98 Å². The average Bonchev–Trinajstić information content (AvgIpc) is 3.24. The van der Waals surface area contributed by atoms with Crippen molar-refractivity contribution in [3.05, 3.63) is 29.9 Å². The summed E-state index contributed by atoms with van der Waals surface area (Å²) in [5, 5.41) is 12.2. The number of aromatic nitrogens is 1. The molecule has 2 aromatic rings. The van der Waals surface area contributed by atoms with Crippen LogP contribution in [0.5, 0.6) is 0 Å². The number of aliphatic carboxylic acids is 1. The largest absolute Gasteiger partial charge is 0.481 e. The van der Waals surface area contributed by atoms with Crippen LogP contribution in [0.25, 0.3) is 11.7 Å². The van der Waals surface area contributed by atoms with Crippen molar-refractivity contribution in [1.29, 1.82) is 0 Å². The zero-order valence-corrected chi connectivity index (χ0v) is 13.9. The molecule has 25 heavy (non-hydrogen) atoms. The van der Waals surface area contributed by atoms with Crippen LogP contribution in [0.1, 0.15) is 24.3 Å². The molecule has 0 bridgehead atoms. The first-order valence-corrected chi connectivity index (χ1v) is 8.08. The zero-order chi connectivity index (χ0) is 17.9. The Labute approximate surface area is 144 Å². The number of aryl methyl sites for hydroxylation is 1. The fourth-order valence-electron chi connectivity index (χ4n) is 2.81. The van der Waals surface area contributed by atoms with Gasteiger partial charge in [-0.15, -0.1) is 0 Å². The van der Waals surface area contributed by atoms with Crippen LogP contribution in [0.15, 0.2) is 27.2 Å². The van der Waals surface area contributed by atoms with E-state index in [2.05, 4.69) is 10.3 Å². The number of oxazole rings is 1. The number of nitrogens with zero attached hydrogens (tertiary/aromatic N) is 1. The van der Waals surface area contributed by atoms with E-state index < -0.39 is 11.4 Å². The lowest BCUT2D eigenvalue weighted by Crippen LogP contribution is -2.46. The van der Waals surface area contributed by atoms with Crippen molar-refractivity contribution in [3.8, 4) is 11.7 Å². The topological polar surface area (TPSA) is 115 Å². The van der Waals surface area contributed by atoms with Gasteiger partial charge in [0.15, 0.2) is 5.76 Å². The molecule has 2 N–H and O–H groups in total. The summed E-state index contributed by atoms with van der Waals surface area (Å²) >= 11 is 0. The first-order valence-electron chi connectivity index (χ1n) is 8.08. The fourth-order valence-corrected chi connectivity index (χ4v) is 2.81. The Morgan fingerprint density at radius 2 is 2.12 bits per heavy atom. The monoisotopic (exact) mass is 348 g/mol. The summed E-state index contributed by atoms with van der Waals surface area (Å²) in [6, 6.07) is 3.44. The Bertz CT molecular complexity index is 743. The molecule has 1 saturated heterocycles. The molecule has 2 aromatic heterocycles. The predicted molar refractivity (Wildman–Crippen MR) is 85.8 cm³/mol. The number of hydrogen-bond acceptors (Lipinski definition) is 6. The lowest BCUT2D eigenvalue weighted by molar-refractivity contribution is -0.154. The van der Waals surface area contributed by atoms with Gasteiger partial charge in [-0.05, 0) is 31.9 Å². The van der Waals surface area contributed by atoms with Crippen molar-refractivity contribution in [2.75, 3.05) is 19.8 Å². The first kappa shape index (κ1) is 17.2. The number of amides is 1. The van der Waals surface area contributed by atoms with Crippen LogP contribution in [-0.2, 0) is 20.7 Å². The molecule has 0 aliphatic carbocycles. The fraction of sp³-hybridized carbons (Fsp3) is 0.471. The Hall–Kier alpha value is -2.61. The van der Waals surface area contributed by atoms with Gasteiger partial charge in [0.2, 0.25) is 5.91 Å². The standard InChI is InChI=1S/C17H20N2O6/c1-11-12(19-15(25-11)13-3-2-6-24-13)9-14(20)18-10-17(16(21)22)4-7-23-8-5-17/h2-3,6H,4-5,7-10H2,1H3,(H,18,20)(H,21,22). The van der Waals surface area contributed by atoms with Crippen LogP contribution in [0.4, 0.5) is 0 Å². The van der Waals surface area contributed by atoms with Gasteiger partial charge in [-0.3, -0.25) is 9.59 Å². The molecule has 3 rings (SSSR count). The molecule has 0 aromatic carbocycles. The van der Waals surface area contributed by atoms with Crippen LogP contribution in [0, 0.1) is 12.3 Å². The van der Waals surface area contributed by atoms with Gasteiger partial charge in [0.05, 0.1) is 23.8 Å². The molecule has 8 heteroatoms. The van der Waals surface area contributed by atoms with Crippen molar-refractivity contribution >= 4 is 11.9 Å². The highest BCUT2D eigenvalue weighted by Gasteiger charge is 2.40. The van der Waals surface area contributed by atoms with E-state index >= 15 is 0 Å². The van der Waals surface area contributed by atoms with E-state index in [1.165, 1.54) is 6.26 Å². The second-order valence-corrected chi connectivity index (χ2v) is 6.15. The van der Waals surface area contributed by atoms with E-state index in [-0.39, 0.29) is 18.9 Å². The number of carbonyl (C=O) groups is 2. The molecule has 0 saturated carbocycles. The lowest BCUT2D eigenvalue weighted by atomic mass is 9.80. The Balaban J connectivity index is 1.62. The maximum absolute atomic E-state index is 12.2. The van der Waals surface area contributed by atoms with Gasteiger partial charge in [0.25, 0.3) is 5.89 Å². The van der Waals surface area contributed by atoms with E-state index in [0.29, 0.717) is 49.2 Å². The smallest absolute Gasteiger partial charge is 0.311 e. The lowest BCUT2D eigenvalue weighted by Gasteiger charge is -2.33. The maximum atomic E-state index is 12.2. The van der Waals surface area contributed by atoms with Crippen LogP contribution in [-0.4, -0.2) is 41.7 Å². The van der Waals surface area contributed by atoms with Crippen LogP contribution in [0.3, 0.4) is 0 Å². The molecule has 0 unspecified atom stereocenters. The third kappa shape index (κ3) is 3.74. The van der Waals surface area contributed by atoms with Gasteiger partial charge < -0.3 is 24.0 Å². The van der Waals surface area contributed by atoms with Gasteiger partial charge in [0.1, 0.15) is 5.76 Å². The van der Waals surface area contributed by atoms with Crippen molar-refractivity contribution in [3.63, 3.8) is 0 Å². The molecule has 8 nitrogen and oxygen atoms in total. The normalized spacial score (nSPS) is 16.5. The van der Waals surface area contributed by atoms with Crippen molar-refractivity contribution < 1.29 is 28.3 Å². The highest BCUT2D eigenvalue weighted by atomic mass is 16.5. The Kier molecular flexibility index (Phi) is 4.89. The van der Waals surface area contributed by atoms with Gasteiger partial charge >= 0.3 is 5.97 Å². The summed E-state index contributed by atoms with van der Waals surface area (Å²) in [6.45, 7) is 2.57. The molecule has 0 radical (unpaired) electrons. The number of hydrogen-bond donors (Lipinski definition) is 2. The summed E-state index contributed by atoms with van der Waals surface area (Å²) in [4.78, 5) is 28.1. The molecular weight excluding hydrogens is 328 g/mol. The summed E-state index contributed by atoms with van der Waals surface area (Å²) in [6.07, 6.45) is 2.30. The van der Waals surface area contributed by atoms with Gasteiger partial charge in [-0.2, -0.15) is 0 Å². The molecule has 0 atom stereocenters. The molecule has 1 fully saturated rings. The molecular formula is C17H20N2O6. The van der Waals surface area contributed by atoms with Gasteiger partial charge in [0, 0.05) is 19.8 Å². The second-order valence-electron chi connectivity index (χ2n) is 6.15. The summed E-state index contributed by atoms with van der Waals surface area (Å²) < 4.78 is 16.0. The number of ether oxygens (including phenoxy) is 1. The summed E-state index contributed by atoms with van der Waals surface area (Å²) in [5.41, 5.74) is -0.466. The van der Waals surface area contributed by atoms with Crippen LogP contribution in [0.2, 0.25) is 0 Å². The van der Waals surface area contributed by atoms with Crippen molar-refractivity contribution in [1.82, 2.24) is 10.3 Å². The summed E-state index contributed by atoms with van der Waals surface area (Å²) in [5.74, 6) is 0.127. The van der Waals surface area contributed by atoms with E-state index in [1.807, 2.05) is 0 Å². The third-order valence-electron chi connectivity index (χ3n) is 4.48. The van der Waals surface area contributed by atoms with E-state index in [1.54, 1.807) is 19.1 Å². The highest BCUT2D eigenvalue weighted by molar-refractivity contribution is 5.80. The minimum Gasteiger partial charge on any atom is -0.481 e. The number of carboxylic acid groups (broad SMARTS) is 1. The van der Waals surface area contributed by atoms with Gasteiger partial charge in [-0.1, -0.05) is 0 Å². The van der Waals surface area contributed by atoms with Crippen LogP contribution >= 0.6 is 0 Å². The SMILES string of the molecule is Cc1oc(-c2ccco2)nc1CC(=O)NCC1(C(=O)O)CCOCC1. The predicted octanol–water partition coefficient (Wildman–Crippen LogP) is 1.78. The van der Waals surface area contributed by atoms with Crippen LogP contribution < -0.4 is 5.32 Å². The van der Waals surface area contributed by atoms with E-state index in [4.69, 9.17) is 13.6 Å². The quantitative estimate of drug-likeness (QED) is 0.817. The number of rotatable bonds is 6. The number of carboxylic acids is 1.